The first-order valence-corrected chi connectivity index (χ1v) is 14.3. The van der Waals surface area contributed by atoms with Crippen molar-refractivity contribution in [3.63, 3.8) is 0 Å². The van der Waals surface area contributed by atoms with Gasteiger partial charge in [0.1, 0.15) is 11.5 Å². The van der Waals surface area contributed by atoms with Crippen LogP contribution in [0.4, 0.5) is 0 Å². The monoisotopic (exact) mass is 560 g/mol. The highest BCUT2D eigenvalue weighted by Gasteiger charge is 2.19. The molecule has 0 aliphatic carbocycles. The van der Waals surface area contributed by atoms with E-state index in [1.54, 1.807) is 35.5 Å². The highest BCUT2D eigenvalue weighted by molar-refractivity contribution is 5.62. The highest BCUT2D eigenvalue weighted by atomic mass is 16.5. The zero-order valence-corrected chi connectivity index (χ0v) is 25.1. The minimum atomic E-state index is 0.341. The quantitative estimate of drug-likeness (QED) is 0.241. The zero-order chi connectivity index (χ0) is 29.0. The van der Waals surface area contributed by atoms with Gasteiger partial charge in [0.25, 0.3) is 0 Å². The molecule has 0 unspecified atom stereocenters. The molecule has 0 aromatic heterocycles. The second-order valence-electron chi connectivity index (χ2n) is 10.2. The van der Waals surface area contributed by atoms with E-state index in [0.29, 0.717) is 23.2 Å². The van der Waals surface area contributed by atoms with Crippen molar-refractivity contribution >= 4 is 6.08 Å². The first kappa shape index (κ1) is 30.3. The molecule has 0 spiro atoms. The molecular formula is C34H44N2O5. The summed E-state index contributed by atoms with van der Waals surface area (Å²) < 4.78 is 27.2. The van der Waals surface area contributed by atoms with Crippen molar-refractivity contribution in [3.05, 3.63) is 83.4 Å². The Hall–Kier alpha value is -3.68. The van der Waals surface area contributed by atoms with E-state index in [9.17, 15) is 0 Å². The lowest BCUT2D eigenvalue weighted by molar-refractivity contribution is 0.140. The molecular weight excluding hydrogens is 516 g/mol. The maximum Gasteiger partial charge on any atom is 0.203 e. The fourth-order valence-electron chi connectivity index (χ4n) is 5.45. The van der Waals surface area contributed by atoms with Crippen LogP contribution in [0.25, 0.3) is 6.08 Å². The molecule has 1 heterocycles. The number of hydrogen-bond acceptors (Lipinski definition) is 7. The normalized spacial score (nSPS) is 14.4. The van der Waals surface area contributed by atoms with E-state index < -0.39 is 0 Å². The number of benzene rings is 3. The summed E-state index contributed by atoms with van der Waals surface area (Å²) >= 11 is 0. The smallest absolute Gasteiger partial charge is 0.203 e. The molecule has 0 bridgehead atoms. The number of methoxy groups -OCH3 is 5. The molecule has 0 amide bonds. The Kier molecular flexibility index (Phi) is 11.3. The average molecular weight is 561 g/mol. The molecule has 0 N–H and O–H groups in total. The minimum absolute atomic E-state index is 0.341. The van der Waals surface area contributed by atoms with Crippen LogP contribution in [0.1, 0.15) is 35.4 Å². The summed E-state index contributed by atoms with van der Waals surface area (Å²) in [6.45, 7) is 6.35. The first-order chi connectivity index (χ1) is 20.1. The predicted octanol–water partition coefficient (Wildman–Crippen LogP) is 5.97. The lowest BCUT2D eigenvalue weighted by Gasteiger charge is -2.34. The van der Waals surface area contributed by atoms with Crippen LogP contribution in [0, 0.1) is 0 Å². The SMILES string of the molecule is COc1ccc(C(CCCN2CCN(C/C=C/c3cc(OC)c(OC)c(OC)c3)CC2)c2ccc(OC)cc2)cc1. The van der Waals surface area contributed by atoms with E-state index in [1.165, 1.54) is 11.1 Å². The highest BCUT2D eigenvalue weighted by Crippen LogP contribution is 2.38. The van der Waals surface area contributed by atoms with Crippen molar-refractivity contribution in [2.45, 2.75) is 18.8 Å². The van der Waals surface area contributed by atoms with Crippen LogP contribution in [-0.2, 0) is 0 Å². The third-order valence-corrected chi connectivity index (χ3v) is 7.83. The number of hydrogen-bond donors (Lipinski definition) is 0. The minimum Gasteiger partial charge on any atom is -0.497 e. The lowest BCUT2D eigenvalue weighted by atomic mass is 9.87. The van der Waals surface area contributed by atoms with Gasteiger partial charge in [-0.05, 0) is 72.5 Å². The second-order valence-corrected chi connectivity index (χ2v) is 10.2. The Morgan fingerprint density at radius 2 is 1.17 bits per heavy atom. The predicted molar refractivity (Wildman–Crippen MR) is 165 cm³/mol. The van der Waals surface area contributed by atoms with Gasteiger partial charge in [0, 0.05) is 38.6 Å². The number of rotatable bonds is 14. The van der Waals surface area contributed by atoms with E-state index in [1.807, 2.05) is 12.1 Å². The summed E-state index contributed by atoms with van der Waals surface area (Å²) in [5.41, 5.74) is 3.67. The van der Waals surface area contributed by atoms with Crippen molar-refractivity contribution in [1.82, 2.24) is 9.80 Å². The van der Waals surface area contributed by atoms with E-state index in [4.69, 9.17) is 23.7 Å². The molecule has 0 atom stereocenters. The molecule has 3 aromatic carbocycles. The van der Waals surface area contributed by atoms with E-state index >= 15 is 0 Å². The van der Waals surface area contributed by atoms with Gasteiger partial charge < -0.3 is 28.6 Å². The molecule has 1 aliphatic heterocycles. The van der Waals surface area contributed by atoms with Crippen molar-refractivity contribution in [3.8, 4) is 28.7 Å². The van der Waals surface area contributed by atoms with Crippen molar-refractivity contribution in [1.29, 1.82) is 0 Å². The van der Waals surface area contributed by atoms with Gasteiger partial charge >= 0.3 is 0 Å². The standard InChI is InChI=1S/C34H44N2O5/c1-37-29-14-10-27(11-15-29)31(28-12-16-30(38-2)17-13-28)9-7-19-36-22-20-35(21-23-36)18-6-8-26-24-32(39-3)34(41-5)33(25-26)40-4/h6,8,10-17,24-25,31H,7,9,18-23H2,1-5H3/b8-6+. The van der Waals surface area contributed by atoms with Crippen LogP contribution in [0.2, 0.25) is 0 Å². The van der Waals surface area contributed by atoms with Gasteiger partial charge in [-0.1, -0.05) is 36.4 Å². The molecule has 1 fully saturated rings. The zero-order valence-electron chi connectivity index (χ0n) is 25.1. The maximum atomic E-state index is 5.48. The molecule has 4 rings (SSSR count). The van der Waals surface area contributed by atoms with Gasteiger partial charge in [-0.25, -0.2) is 0 Å². The third kappa shape index (κ3) is 8.18. The summed E-state index contributed by atoms with van der Waals surface area (Å²) in [5.74, 6) is 4.07. The molecule has 0 radical (unpaired) electrons. The molecule has 1 aliphatic rings. The van der Waals surface area contributed by atoms with E-state index in [-0.39, 0.29) is 0 Å². The van der Waals surface area contributed by atoms with Crippen LogP contribution in [-0.4, -0.2) is 84.6 Å². The van der Waals surface area contributed by atoms with Gasteiger partial charge in [-0.2, -0.15) is 0 Å². The van der Waals surface area contributed by atoms with Crippen LogP contribution in [0.3, 0.4) is 0 Å². The Bertz CT molecular complexity index is 1160. The van der Waals surface area contributed by atoms with Crippen molar-refractivity contribution in [2.75, 3.05) is 74.8 Å². The average Bonchev–Trinajstić information content (AvgIpc) is 3.03. The Morgan fingerprint density at radius 1 is 0.659 bits per heavy atom. The number of piperazine rings is 1. The second kappa shape index (κ2) is 15.4. The topological polar surface area (TPSA) is 52.6 Å². The fourth-order valence-corrected chi connectivity index (χ4v) is 5.45. The van der Waals surface area contributed by atoms with Crippen LogP contribution >= 0.6 is 0 Å². The van der Waals surface area contributed by atoms with Crippen LogP contribution in [0.15, 0.2) is 66.7 Å². The lowest BCUT2D eigenvalue weighted by Crippen LogP contribution is -2.46. The molecule has 220 valence electrons. The van der Waals surface area contributed by atoms with E-state index in [0.717, 1.165) is 69.2 Å². The molecule has 7 heteroatoms. The summed E-state index contributed by atoms with van der Waals surface area (Å²) in [4.78, 5) is 5.10. The van der Waals surface area contributed by atoms with Crippen molar-refractivity contribution in [2.24, 2.45) is 0 Å². The summed E-state index contributed by atoms with van der Waals surface area (Å²) in [6, 6.07) is 20.9. The first-order valence-electron chi connectivity index (χ1n) is 14.3. The molecule has 1 saturated heterocycles. The van der Waals surface area contributed by atoms with Gasteiger partial charge in [-0.3, -0.25) is 4.90 Å². The number of nitrogens with zero attached hydrogens (tertiary/aromatic N) is 2. The van der Waals surface area contributed by atoms with Crippen LogP contribution < -0.4 is 23.7 Å². The summed E-state index contributed by atoms with van der Waals surface area (Å²) in [7, 11) is 8.32. The molecule has 41 heavy (non-hydrogen) atoms. The van der Waals surface area contributed by atoms with Gasteiger partial charge in [0.2, 0.25) is 5.75 Å². The summed E-state index contributed by atoms with van der Waals surface area (Å²) in [5, 5.41) is 0. The summed E-state index contributed by atoms with van der Waals surface area (Å²) in [6.07, 6.45) is 6.57. The van der Waals surface area contributed by atoms with E-state index in [2.05, 4.69) is 70.5 Å². The number of ether oxygens (including phenoxy) is 5. The van der Waals surface area contributed by atoms with Gasteiger partial charge in [-0.15, -0.1) is 0 Å². The Morgan fingerprint density at radius 3 is 1.63 bits per heavy atom. The van der Waals surface area contributed by atoms with Crippen molar-refractivity contribution < 1.29 is 23.7 Å². The van der Waals surface area contributed by atoms with Gasteiger partial charge in [0.15, 0.2) is 11.5 Å². The Labute approximate surface area is 245 Å². The maximum absolute atomic E-state index is 5.48. The third-order valence-electron chi connectivity index (χ3n) is 7.83. The fraction of sp³-hybridized carbons (Fsp3) is 0.412. The largest absolute Gasteiger partial charge is 0.497 e. The Balaban J connectivity index is 1.27. The van der Waals surface area contributed by atoms with Gasteiger partial charge in [0.05, 0.1) is 35.5 Å². The molecule has 7 nitrogen and oxygen atoms in total. The van der Waals surface area contributed by atoms with Crippen LogP contribution in [0.5, 0.6) is 28.7 Å². The molecule has 3 aromatic rings. The molecule has 0 saturated carbocycles.